The lowest BCUT2D eigenvalue weighted by Gasteiger charge is -2.22. The molecule has 3 nitrogen and oxygen atoms in total. The van der Waals surface area contributed by atoms with Gasteiger partial charge in [0.2, 0.25) is 5.91 Å². The number of amides is 1. The molecule has 0 spiro atoms. The lowest BCUT2D eigenvalue weighted by molar-refractivity contribution is -0.130. The molecular weight excluding hydrogens is 260 g/mol. The highest BCUT2D eigenvalue weighted by molar-refractivity contribution is 5.76. The second-order valence-corrected chi connectivity index (χ2v) is 6.38. The summed E-state index contributed by atoms with van der Waals surface area (Å²) in [4.78, 5) is 14.1. The average molecular weight is 288 g/mol. The second kappa shape index (κ2) is 8.18. The molecule has 1 aliphatic heterocycles. The van der Waals surface area contributed by atoms with Crippen LogP contribution >= 0.6 is 0 Å². The molecule has 116 valence electrons. The Bertz CT molecular complexity index is 424. The number of hydrogen-bond donors (Lipinski definition) is 1. The Morgan fingerprint density at radius 3 is 2.48 bits per heavy atom. The standard InChI is InChI=1S/C18H28N2O/c1-15(2)14-17(16-8-4-3-5-9-16)19-11-10-18(21)20-12-6-7-13-20/h3-5,8-9,15,17,19H,6-7,10-14H2,1-2H3. The van der Waals surface area contributed by atoms with E-state index >= 15 is 0 Å². The van der Waals surface area contributed by atoms with Crippen molar-refractivity contribution in [3.8, 4) is 0 Å². The molecule has 1 aromatic carbocycles. The van der Waals surface area contributed by atoms with Gasteiger partial charge in [-0.2, -0.15) is 0 Å². The Morgan fingerprint density at radius 2 is 1.86 bits per heavy atom. The van der Waals surface area contributed by atoms with E-state index in [0.29, 0.717) is 24.3 Å². The largest absolute Gasteiger partial charge is 0.343 e. The zero-order valence-corrected chi connectivity index (χ0v) is 13.3. The van der Waals surface area contributed by atoms with Crippen LogP contribution in [0.5, 0.6) is 0 Å². The molecular formula is C18H28N2O. The van der Waals surface area contributed by atoms with Crippen molar-refractivity contribution in [3.63, 3.8) is 0 Å². The lowest BCUT2D eigenvalue weighted by Crippen LogP contribution is -2.32. The van der Waals surface area contributed by atoms with Crippen molar-refractivity contribution in [2.24, 2.45) is 5.92 Å². The fraction of sp³-hybridized carbons (Fsp3) is 0.611. The topological polar surface area (TPSA) is 32.3 Å². The number of rotatable bonds is 7. The number of likely N-dealkylation sites (tertiary alicyclic amines) is 1. The van der Waals surface area contributed by atoms with Crippen LogP contribution in [0.15, 0.2) is 30.3 Å². The first-order chi connectivity index (χ1) is 10.2. The molecule has 1 fully saturated rings. The van der Waals surface area contributed by atoms with Crippen LogP contribution in [0.4, 0.5) is 0 Å². The maximum absolute atomic E-state index is 12.1. The molecule has 1 heterocycles. The molecule has 0 radical (unpaired) electrons. The van der Waals surface area contributed by atoms with Crippen molar-refractivity contribution in [1.82, 2.24) is 10.2 Å². The Morgan fingerprint density at radius 1 is 1.19 bits per heavy atom. The van der Waals surface area contributed by atoms with E-state index in [4.69, 9.17) is 0 Å². The molecule has 1 amide bonds. The summed E-state index contributed by atoms with van der Waals surface area (Å²) in [5.74, 6) is 0.938. The summed E-state index contributed by atoms with van der Waals surface area (Å²) in [6.07, 6.45) is 4.04. The molecule has 3 heteroatoms. The van der Waals surface area contributed by atoms with Crippen LogP contribution in [0.3, 0.4) is 0 Å². The van der Waals surface area contributed by atoms with Gasteiger partial charge in [0, 0.05) is 32.1 Å². The van der Waals surface area contributed by atoms with E-state index in [1.54, 1.807) is 0 Å². The van der Waals surface area contributed by atoms with Crippen LogP contribution in [0, 0.1) is 5.92 Å². The van der Waals surface area contributed by atoms with E-state index in [-0.39, 0.29) is 0 Å². The molecule has 1 N–H and O–H groups in total. The fourth-order valence-corrected chi connectivity index (χ4v) is 2.97. The summed E-state index contributed by atoms with van der Waals surface area (Å²) in [5, 5.41) is 3.57. The number of carbonyl (C=O) groups is 1. The Kier molecular flexibility index (Phi) is 6.24. The first kappa shape index (κ1) is 16.0. The molecule has 2 rings (SSSR count). The van der Waals surface area contributed by atoms with Crippen LogP contribution in [0.2, 0.25) is 0 Å². The zero-order chi connectivity index (χ0) is 15.1. The normalized spacial score (nSPS) is 16.4. The highest BCUT2D eigenvalue weighted by Crippen LogP contribution is 2.21. The molecule has 0 aromatic heterocycles. The van der Waals surface area contributed by atoms with Gasteiger partial charge in [0.15, 0.2) is 0 Å². The number of hydrogen-bond acceptors (Lipinski definition) is 2. The van der Waals surface area contributed by atoms with Crippen molar-refractivity contribution in [2.45, 2.75) is 45.6 Å². The first-order valence-electron chi connectivity index (χ1n) is 8.23. The number of carbonyl (C=O) groups excluding carboxylic acids is 1. The van der Waals surface area contributed by atoms with Crippen LogP contribution in [0.25, 0.3) is 0 Å². The SMILES string of the molecule is CC(C)CC(NCCC(=O)N1CCCC1)c1ccccc1. The second-order valence-electron chi connectivity index (χ2n) is 6.38. The van der Waals surface area contributed by atoms with Crippen molar-refractivity contribution in [2.75, 3.05) is 19.6 Å². The molecule has 0 bridgehead atoms. The van der Waals surface area contributed by atoms with Gasteiger partial charge in [0.1, 0.15) is 0 Å². The number of benzene rings is 1. The van der Waals surface area contributed by atoms with Gasteiger partial charge in [-0.15, -0.1) is 0 Å². The lowest BCUT2D eigenvalue weighted by atomic mass is 9.97. The van der Waals surface area contributed by atoms with Crippen LogP contribution in [0.1, 0.15) is 51.1 Å². The molecule has 0 saturated carbocycles. The van der Waals surface area contributed by atoms with Gasteiger partial charge in [0.25, 0.3) is 0 Å². The van der Waals surface area contributed by atoms with Crippen molar-refractivity contribution >= 4 is 5.91 Å². The van der Waals surface area contributed by atoms with E-state index in [2.05, 4.69) is 43.4 Å². The predicted octanol–water partition coefficient (Wildman–Crippen LogP) is 3.38. The molecule has 0 aliphatic carbocycles. The fourth-order valence-electron chi connectivity index (χ4n) is 2.97. The number of nitrogens with one attached hydrogen (secondary N) is 1. The minimum absolute atomic E-state index is 0.302. The molecule has 1 aliphatic rings. The highest BCUT2D eigenvalue weighted by Gasteiger charge is 2.18. The summed E-state index contributed by atoms with van der Waals surface area (Å²) < 4.78 is 0. The van der Waals surface area contributed by atoms with E-state index in [1.165, 1.54) is 18.4 Å². The van der Waals surface area contributed by atoms with Crippen molar-refractivity contribution < 1.29 is 4.79 Å². The molecule has 21 heavy (non-hydrogen) atoms. The summed E-state index contributed by atoms with van der Waals surface area (Å²) in [6.45, 7) is 7.15. The first-order valence-corrected chi connectivity index (χ1v) is 8.23. The maximum atomic E-state index is 12.1. The molecule has 1 unspecified atom stereocenters. The van der Waals surface area contributed by atoms with E-state index in [9.17, 15) is 4.79 Å². The quantitative estimate of drug-likeness (QED) is 0.834. The van der Waals surface area contributed by atoms with E-state index in [0.717, 1.165) is 26.1 Å². The Labute approximate surface area is 128 Å². The summed E-state index contributed by atoms with van der Waals surface area (Å²) in [6, 6.07) is 10.9. The monoisotopic (exact) mass is 288 g/mol. The predicted molar refractivity (Wildman–Crippen MR) is 87.1 cm³/mol. The summed E-state index contributed by atoms with van der Waals surface area (Å²) >= 11 is 0. The highest BCUT2D eigenvalue weighted by atomic mass is 16.2. The van der Waals surface area contributed by atoms with Gasteiger partial charge in [-0.3, -0.25) is 4.79 Å². The molecule has 1 saturated heterocycles. The third-order valence-corrected chi connectivity index (χ3v) is 4.10. The van der Waals surface area contributed by atoms with E-state index in [1.807, 2.05) is 11.0 Å². The number of nitrogens with zero attached hydrogens (tertiary/aromatic N) is 1. The van der Waals surface area contributed by atoms with E-state index < -0.39 is 0 Å². The third-order valence-electron chi connectivity index (χ3n) is 4.10. The van der Waals surface area contributed by atoms with Crippen LogP contribution in [-0.4, -0.2) is 30.4 Å². The molecule has 1 aromatic rings. The zero-order valence-electron chi connectivity index (χ0n) is 13.3. The van der Waals surface area contributed by atoms with Gasteiger partial charge < -0.3 is 10.2 Å². The Balaban J connectivity index is 1.83. The van der Waals surface area contributed by atoms with Crippen molar-refractivity contribution in [1.29, 1.82) is 0 Å². The minimum atomic E-state index is 0.302. The molecule has 1 atom stereocenters. The van der Waals surface area contributed by atoms with Gasteiger partial charge >= 0.3 is 0 Å². The maximum Gasteiger partial charge on any atom is 0.223 e. The van der Waals surface area contributed by atoms with Crippen molar-refractivity contribution in [3.05, 3.63) is 35.9 Å². The van der Waals surface area contributed by atoms with Gasteiger partial charge in [-0.25, -0.2) is 0 Å². The smallest absolute Gasteiger partial charge is 0.223 e. The van der Waals surface area contributed by atoms with Crippen LogP contribution in [-0.2, 0) is 4.79 Å². The Hall–Kier alpha value is -1.35. The summed E-state index contributed by atoms with van der Waals surface area (Å²) in [5.41, 5.74) is 1.32. The third kappa shape index (κ3) is 5.16. The average Bonchev–Trinajstić information content (AvgIpc) is 3.01. The van der Waals surface area contributed by atoms with Gasteiger partial charge in [-0.05, 0) is 30.7 Å². The minimum Gasteiger partial charge on any atom is -0.343 e. The van der Waals surface area contributed by atoms with Crippen LogP contribution < -0.4 is 5.32 Å². The van der Waals surface area contributed by atoms with Gasteiger partial charge in [-0.1, -0.05) is 44.2 Å². The van der Waals surface area contributed by atoms with Gasteiger partial charge in [0.05, 0.1) is 0 Å². The summed E-state index contributed by atoms with van der Waals surface area (Å²) in [7, 11) is 0.